The largest absolute Gasteiger partial charge is 0.477 e. The lowest BCUT2D eigenvalue weighted by atomic mass is 9.90. The van der Waals surface area contributed by atoms with Crippen LogP contribution in [0.15, 0.2) is 35.7 Å². The number of amides is 1. The Bertz CT molecular complexity index is 734. The Labute approximate surface area is 142 Å². The molecule has 24 heavy (non-hydrogen) atoms. The minimum atomic E-state index is -3.20. The molecular formula is C17H22N2O4S. The van der Waals surface area contributed by atoms with Crippen LogP contribution >= 0.6 is 0 Å². The van der Waals surface area contributed by atoms with Crippen LogP contribution in [0.3, 0.4) is 0 Å². The first-order valence-electron chi connectivity index (χ1n) is 8.07. The second-order valence-electron chi connectivity index (χ2n) is 6.40. The molecule has 1 atom stereocenters. The summed E-state index contributed by atoms with van der Waals surface area (Å²) in [5, 5.41) is 7.21. The van der Waals surface area contributed by atoms with E-state index in [2.05, 4.69) is 10.6 Å². The van der Waals surface area contributed by atoms with Crippen LogP contribution in [0, 0.1) is 6.92 Å². The van der Waals surface area contributed by atoms with Crippen LogP contribution in [0.5, 0.6) is 5.75 Å². The quantitative estimate of drug-likeness (QED) is 0.844. The summed E-state index contributed by atoms with van der Waals surface area (Å²) in [6, 6.07) is 7.09. The highest BCUT2D eigenvalue weighted by atomic mass is 32.2. The minimum absolute atomic E-state index is 0.0857. The molecule has 130 valence electrons. The number of carbonyl (C=O) groups is 1. The molecule has 0 unspecified atom stereocenters. The molecule has 2 N–H and O–H groups in total. The summed E-state index contributed by atoms with van der Waals surface area (Å²) in [4.78, 5) is 12.9. The number of carbonyl (C=O) groups excluding carboxylic acids is 1. The molecule has 1 saturated heterocycles. The summed E-state index contributed by atoms with van der Waals surface area (Å²) in [7, 11) is -3.20. The van der Waals surface area contributed by atoms with E-state index in [4.69, 9.17) is 4.74 Å². The molecule has 0 spiro atoms. The van der Waals surface area contributed by atoms with Crippen molar-refractivity contribution in [2.24, 2.45) is 0 Å². The predicted octanol–water partition coefficient (Wildman–Crippen LogP) is 0.923. The van der Waals surface area contributed by atoms with Crippen molar-refractivity contribution in [3.8, 4) is 5.75 Å². The average Bonchev–Trinajstić information content (AvgIpc) is 2.89. The van der Waals surface area contributed by atoms with Gasteiger partial charge in [-0.15, -0.1) is 0 Å². The van der Waals surface area contributed by atoms with Crippen molar-refractivity contribution >= 4 is 15.7 Å². The number of piperidine rings is 1. The topological polar surface area (TPSA) is 84.5 Å². The number of hydrogen-bond donors (Lipinski definition) is 2. The van der Waals surface area contributed by atoms with Crippen molar-refractivity contribution in [1.29, 1.82) is 0 Å². The maximum Gasteiger partial charge on any atom is 0.264 e. The highest BCUT2D eigenvalue weighted by Gasteiger charge is 2.43. The van der Waals surface area contributed by atoms with Crippen LogP contribution in [-0.4, -0.2) is 44.8 Å². The maximum absolute atomic E-state index is 12.9. The summed E-state index contributed by atoms with van der Waals surface area (Å²) >= 11 is 0. The number of aryl methyl sites for hydroxylation is 1. The van der Waals surface area contributed by atoms with Crippen molar-refractivity contribution in [2.45, 2.75) is 31.4 Å². The maximum atomic E-state index is 12.9. The lowest BCUT2D eigenvalue weighted by Crippen LogP contribution is -2.58. The van der Waals surface area contributed by atoms with Crippen molar-refractivity contribution in [3.63, 3.8) is 0 Å². The number of benzene rings is 1. The Morgan fingerprint density at radius 3 is 2.50 bits per heavy atom. The molecule has 0 radical (unpaired) electrons. The zero-order valence-electron chi connectivity index (χ0n) is 13.6. The molecule has 0 aromatic heterocycles. The molecule has 2 aliphatic heterocycles. The normalized spacial score (nSPS) is 24.5. The zero-order chi connectivity index (χ0) is 17.2. The Hall–Kier alpha value is -1.86. The predicted molar refractivity (Wildman–Crippen MR) is 91.5 cm³/mol. The van der Waals surface area contributed by atoms with E-state index in [1.54, 1.807) is 0 Å². The van der Waals surface area contributed by atoms with E-state index in [1.165, 1.54) is 6.08 Å². The van der Waals surface area contributed by atoms with Gasteiger partial charge >= 0.3 is 0 Å². The fourth-order valence-electron chi connectivity index (χ4n) is 3.00. The number of ether oxygens (including phenoxy) is 1. The monoisotopic (exact) mass is 350 g/mol. The number of rotatable bonds is 4. The molecule has 3 rings (SSSR count). The van der Waals surface area contributed by atoms with Gasteiger partial charge in [0.1, 0.15) is 5.75 Å². The molecule has 2 heterocycles. The first-order valence-corrected chi connectivity index (χ1v) is 9.78. The summed E-state index contributed by atoms with van der Waals surface area (Å²) in [6.07, 6.45) is 2.60. The van der Waals surface area contributed by atoms with Crippen molar-refractivity contribution in [2.75, 3.05) is 18.8 Å². The molecule has 0 aliphatic carbocycles. The molecule has 0 saturated carbocycles. The number of sulfone groups is 1. The second kappa shape index (κ2) is 6.57. The van der Waals surface area contributed by atoms with E-state index in [-0.39, 0.29) is 11.7 Å². The first kappa shape index (κ1) is 17.0. The van der Waals surface area contributed by atoms with Gasteiger partial charge in [-0.3, -0.25) is 4.79 Å². The molecule has 7 heteroatoms. The lowest BCUT2D eigenvalue weighted by Gasteiger charge is -2.37. The summed E-state index contributed by atoms with van der Waals surface area (Å²) in [6.45, 7) is 3.35. The van der Waals surface area contributed by atoms with Crippen LogP contribution in [-0.2, 0) is 14.6 Å². The zero-order valence-corrected chi connectivity index (χ0v) is 14.4. The molecule has 2 aliphatic rings. The fourth-order valence-corrected chi connectivity index (χ4v) is 4.24. The summed E-state index contributed by atoms with van der Waals surface area (Å²) < 4.78 is 29.1. The SMILES string of the molecule is Cc1ccc(OC2(C(=O)N[C@@H]3C=CS(=O)(=O)C3)CCNCC2)cc1. The van der Waals surface area contributed by atoms with Gasteiger partial charge in [0.05, 0.1) is 11.8 Å². The number of hydrogen-bond acceptors (Lipinski definition) is 5. The summed E-state index contributed by atoms with van der Waals surface area (Å²) in [5.74, 6) is 0.306. The highest BCUT2D eigenvalue weighted by molar-refractivity contribution is 7.94. The Balaban J connectivity index is 1.76. The van der Waals surface area contributed by atoms with Gasteiger partial charge in [0.25, 0.3) is 5.91 Å². The van der Waals surface area contributed by atoms with Gasteiger partial charge in [0.15, 0.2) is 15.4 Å². The lowest BCUT2D eigenvalue weighted by molar-refractivity contribution is -0.139. The van der Waals surface area contributed by atoms with E-state index in [0.29, 0.717) is 31.7 Å². The molecule has 1 fully saturated rings. The van der Waals surface area contributed by atoms with Crippen molar-refractivity contribution < 1.29 is 17.9 Å². The van der Waals surface area contributed by atoms with Crippen LogP contribution in [0.4, 0.5) is 0 Å². The Morgan fingerprint density at radius 2 is 1.92 bits per heavy atom. The minimum Gasteiger partial charge on any atom is -0.477 e. The van der Waals surface area contributed by atoms with Crippen molar-refractivity contribution in [1.82, 2.24) is 10.6 Å². The molecular weight excluding hydrogens is 328 g/mol. The Kier molecular flexibility index (Phi) is 4.64. The van der Waals surface area contributed by atoms with Gasteiger partial charge in [-0.05, 0) is 38.2 Å². The van der Waals surface area contributed by atoms with E-state index in [0.717, 1.165) is 11.0 Å². The molecule has 0 bridgehead atoms. The third-order valence-corrected chi connectivity index (χ3v) is 5.80. The van der Waals surface area contributed by atoms with E-state index in [1.807, 2.05) is 31.2 Å². The van der Waals surface area contributed by atoms with Gasteiger partial charge in [-0.1, -0.05) is 17.7 Å². The number of nitrogens with one attached hydrogen (secondary N) is 2. The average molecular weight is 350 g/mol. The van der Waals surface area contributed by atoms with Crippen LogP contribution in [0.1, 0.15) is 18.4 Å². The molecule has 1 amide bonds. The molecule has 1 aromatic carbocycles. The van der Waals surface area contributed by atoms with Crippen LogP contribution in [0.25, 0.3) is 0 Å². The third kappa shape index (κ3) is 3.79. The van der Waals surface area contributed by atoms with Gasteiger partial charge in [0, 0.05) is 18.2 Å². The second-order valence-corrected chi connectivity index (χ2v) is 8.33. The van der Waals surface area contributed by atoms with Gasteiger partial charge in [-0.2, -0.15) is 0 Å². The fraction of sp³-hybridized carbons (Fsp3) is 0.471. The van der Waals surface area contributed by atoms with Gasteiger partial charge in [0.2, 0.25) is 0 Å². The van der Waals surface area contributed by atoms with Crippen molar-refractivity contribution in [3.05, 3.63) is 41.3 Å². The standard InChI is InChI=1S/C17H22N2O4S/c1-13-2-4-15(5-3-13)23-17(7-9-18-10-8-17)16(20)19-14-6-11-24(21,22)12-14/h2-6,11,14,18H,7-10,12H2,1H3,(H,19,20)/t14-/m1/s1. The molecule has 6 nitrogen and oxygen atoms in total. The van der Waals surface area contributed by atoms with Gasteiger partial charge in [-0.25, -0.2) is 8.42 Å². The van der Waals surface area contributed by atoms with Crippen LogP contribution in [0.2, 0.25) is 0 Å². The van der Waals surface area contributed by atoms with Gasteiger partial charge < -0.3 is 15.4 Å². The first-order chi connectivity index (χ1) is 11.4. The Morgan fingerprint density at radius 1 is 1.25 bits per heavy atom. The summed E-state index contributed by atoms with van der Waals surface area (Å²) in [5.41, 5.74) is 0.146. The van der Waals surface area contributed by atoms with Crippen LogP contribution < -0.4 is 15.4 Å². The smallest absolute Gasteiger partial charge is 0.264 e. The third-order valence-electron chi connectivity index (χ3n) is 4.41. The van der Waals surface area contributed by atoms with E-state index < -0.39 is 21.5 Å². The van der Waals surface area contributed by atoms with E-state index in [9.17, 15) is 13.2 Å². The highest BCUT2D eigenvalue weighted by Crippen LogP contribution is 2.27. The van der Waals surface area contributed by atoms with E-state index >= 15 is 0 Å². The molecule has 1 aromatic rings.